The lowest BCUT2D eigenvalue weighted by molar-refractivity contribution is -0.129. The van der Waals surface area contributed by atoms with E-state index in [1.165, 1.54) is 24.6 Å². The van der Waals surface area contributed by atoms with Gasteiger partial charge >= 0.3 is 5.97 Å². The summed E-state index contributed by atoms with van der Waals surface area (Å²) >= 11 is 0. The molecule has 0 saturated carbocycles. The van der Waals surface area contributed by atoms with Gasteiger partial charge in [-0.3, -0.25) is 4.99 Å². The number of nitrogens with zero attached hydrogens (tertiary/aromatic N) is 2. The predicted octanol–water partition coefficient (Wildman–Crippen LogP) is 3.06. The topological polar surface area (TPSA) is 51.0 Å². The summed E-state index contributed by atoms with van der Waals surface area (Å²) in [5, 5.41) is 0. The molecule has 1 heterocycles. The van der Waals surface area contributed by atoms with Gasteiger partial charge in [0.25, 0.3) is 0 Å². The van der Waals surface area contributed by atoms with Crippen LogP contribution < -0.4 is 0 Å². The summed E-state index contributed by atoms with van der Waals surface area (Å²) < 4.78 is 5.10. The van der Waals surface area contributed by atoms with Crippen molar-refractivity contribution in [1.29, 1.82) is 0 Å². The maximum atomic E-state index is 11.7. The van der Waals surface area contributed by atoms with E-state index in [0.717, 1.165) is 11.1 Å². The van der Waals surface area contributed by atoms with E-state index in [1.54, 1.807) is 18.4 Å². The quantitative estimate of drug-likeness (QED) is 0.610. The molecule has 0 aliphatic carbocycles. The van der Waals surface area contributed by atoms with Gasteiger partial charge in [-0.05, 0) is 30.2 Å². The summed E-state index contributed by atoms with van der Waals surface area (Å²) in [4.78, 5) is 19.6. The molecule has 0 radical (unpaired) electrons. The van der Waals surface area contributed by atoms with E-state index in [2.05, 4.69) is 9.98 Å². The maximum absolute atomic E-state index is 11.7. The van der Waals surface area contributed by atoms with Crippen LogP contribution in [0.3, 0.4) is 0 Å². The number of ether oxygens (including phenoxy) is 1. The molecular formula is C16H14N2O2. The van der Waals surface area contributed by atoms with Gasteiger partial charge in [-0.25, -0.2) is 9.79 Å². The van der Waals surface area contributed by atoms with Crippen LogP contribution in [0.4, 0.5) is 0 Å². The largest absolute Gasteiger partial charge is 0.404 e. The van der Waals surface area contributed by atoms with Crippen LogP contribution in [-0.4, -0.2) is 18.1 Å². The lowest BCUT2D eigenvalue weighted by Crippen LogP contribution is -2.07. The number of benzene rings is 1. The predicted molar refractivity (Wildman–Crippen MR) is 80.5 cm³/mol. The summed E-state index contributed by atoms with van der Waals surface area (Å²) in [6, 6.07) is 7.79. The second kappa shape index (κ2) is 6.99. The fourth-order valence-electron chi connectivity index (χ4n) is 1.53. The molecule has 1 aromatic rings. The van der Waals surface area contributed by atoms with Gasteiger partial charge in [0, 0.05) is 30.8 Å². The van der Waals surface area contributed by atoms with Crippen molar-refractivity contribution in [3.05, 3.63) is 66.0 Å². The molecular weight excluding hydrogens is 252 g/mol. The number of carbonyl (C=O) groups excluding carboxylic acids is 1. The summed E-state index contributed by atoms with van der Waals surface area (Å²) in [6.07, 6.45) is 10.9. The molecule has 0 amide bonds. The molecule has 20 heavy (non-hydrogen) atoms. The van der Waals surface area contributed by atoms with E-state index in [-0.39, 0.29) is 5.90 Å². The summed E-state index contributed by atoms with van der Waals surface area (Å²) in [6.45, 7) is 1.98. The molecule has 2 rings (SSSR count). The molecule has 1 aliphatic heterocycles. The second-order valence-electron chi connectivity index (χ2n) is 4.03. The SMILES string of the molecule is Cc1ccccc1C=CC(=O)OC1=N/C=C\C=N/C=C\1. The molecule has 1 aliphatic rings. The van der Waals surface area contributed by atoms with Crippen molar-refractivity contribution in [3.63, 3.8) is 0 Å². The van der Waals surface area contributed by atoms with Crippen LogP contribution in [0, 0.1) is 6.92 Å². The van der Waals surface area contributed by atoms with Crippen molar-refractivity contribution < 1.29 is 9.53 Å². The molecule has 1 aromatic carbocycles. The van der Waals surface area contributed by atoms with Gasteiger partial charge in [0.1, 0.15) is 0 Å². The molecule has 4 heteroatoms. The standard InChI is InChI=1S/C16H14N2O2/c1-13-5-2-3-6-14(13)7-8-16(19)20-15-9-12-17-10-4-11-18-15/h2-12H,1H3/b8-7?,10-4?,11-4-,12-9-,15-9?,17-10-,17-12?,18-11?,18-15+. The highest BCUT2D eigenvalue weighted by atomic mass is 16.5. The van der Waals surface area contributed by atoms with E-state index in [0.29, 0.717) is 0 Å². The average molecular weight is 266 g/mol. The lowest BCUT2D eigenvalue weighted by Gasteiger charge is -2.01. The smallest absolute Gasteiger partial charge is 0.337 e. The Morgan fingerprint density at radius 3 is 2.95 bits per heavy atom. The third-order valence-electron chi connectivity index (χ3n) is 2.56. The average Bonchev–Trinajstić information content (AvgIpc) is 2.41. The van der Waals surface area contributed by atoms with Crippen LogP contribution in [0.25, 0.3) is 6.08 Å². The van der Waals surface area contributed by atoms with Crippen LogP contribution in [0.1, 0.15) is 11.1 Å². The molecule has 0 unspecified atom stereocenters. The monoisotopic (exact) mass is 266 g/mol. The summed E-state index contributed by atoms with van der Waals surface area (Å²) in [5.41, 5.74) is 2.07. The molecule has 0 spiro atoms. The van der Waals surface area contributed by atoms with Crippen LogP contribution in [-0.2, 0) is 9.53 Å². The van der Waals surface area contributed by atoms with Crippen molar-refractivity contribution in [2.45, 2.75) is 6.92 Å². The minimum atomic E-state index is -0.477. The highest BCUT2D eigenvalue weighted by Gasteiger charge is 2.02. The van der Waals surface area contributed by atoms with E-state index >= 15 is 0 Å². The summed E-state index contributed by atoms with van der Waals surface area (Å²) in [7, 11) is 0. The molecule has 0 atom stereocenters. The first-order valence-electron chi connectivity index (χ1n) is 6.14. The van der Waals surface area contributed by atoms with Crippen molar-refractivity contribution in [2.75, 3.05) is 0 Å². The normalized spacial score (nSPS) is 21.4. The lowest BCUT2D eigenvalue weighted by atomic mass is 10.1. The van der Waals surface area contributed by atoms with Gasteiger partial charge in [0.2, 0.25) is 5.90 Å². The number of rotatable bonds is 2. The van der Waals surface area contributed by atoms with Crippen molar-refractivity contribution >= 4 is 24.2 Å². The minimum Gasteiger partial charge on any atom is -0.404 e. The second-order valence-corrected chi connectivity index (χ2v) is 4.03. The number of esters is 1. The molecule has 0 saturated heterocycles. The molecule has 100 valence electrons. The highest BCUT2D eigenvalue weighted by molar-refractivity contribution is 6.01. The Morgan fingerprint density at radius 1 is 1.25 bits per heavy atom. The van der Waals surface area contributed by atoms with Crippen molar-refractivity contribution in [2.24, 2.45) is 9.98 Å². The van der Waals surface area contributed by atoms with Crippen LogP contribution in [0.5, 0.6) is 0 Å². The number of carbonyl (C=O) groups is 1. The number of aryl methyl sites for hydroxylation is 1. The Morgan fingerprint density at radius 2 is 2.10 bits per heavy atom. The first-order chi connectivity index (χ1) is 9.75. The van der Waals surface area contributed by atoms with Gasteiger partial charge in [0.05, 0.1) is 0 Å². The van der Waals surface area contributed by atoms with Gasteiger partial charge in [-0.15, -0.1) is 0 Å². The molecule has 4 nitrogen and oxygen atoms in total. The molecule has 0 N–H and O–H groups in total. The molecule has 0 fully saturated rings. The highest BCUT2D eigenvalue weighted by Crippen LogP contribution is 2.08. The number of allylic oxidation sites excluding steroid dienone is 1. The zero-order valence-electron chi connectivity index (χ0n) is 11.1. The van der Waals surface area contributed by atoms with Crippen LogP contribution >= 0.6 is 0 Å². The molecule has 0 aromatic heterocycles. The Hall–Kier alpha value is -2.75. The van der Waals surface area contributed by atoms with Crippen molar-refractivity contribution in [1.82, 2.24) is 0 Å². The number of aliphatic imine (C=N–C) groups is 2. The Bertz CT molecular complexity index is 638. The van der Waals surface area contributed by atoms with E-state index in [4.69, 9.17) is 4.74 Å². The maximum Gasteiger partial charge on any atom is 0.337 e. The fraction of sp³-hybridized carbons (Fsp3) is 0.0625. The van der Waals surface area contributed by atoms with Gasteiger partial charge in [-0.2, -0.15) is 0 Å². The van der Waals surface area contributed by atoms with E-state index in [1.807, 2.05) is 31.2 Å². The zero-order valence-corrected chi connectivity index (χ0v) is 11.1. The Kier molecular flexibility index (Phi) is 4.78. The van der Waals surface area contributed by atoms with Crippen molar-refractivity contribution in [3.8, 4) is 0 Å². The van der Waals surface area contributed by atoms with Crippen LogP contribution in [0.2, 0.25) is 0 Å². The van der Waals surface area contributed by atoms with E-state index < -0.39 is 5.97 Å². The minimum absolute atomic E-state index is 0.206. The van der Waals surface area contributed by atoms with E-state index in [9.17, 15) is 4.79 Å². The Balaban J connectivity index is 2.01. The Labute approximate surface area is 117 Å². The number of hydrogen-bond donors (Lipinski definition) is 0. The zero-order chi connectivity index (χ0) is 14.2. The summed E-state index contributed by atoms with van der Waals surface area (Å²) in [5.74, 6) is -0.271. The first-order valence-corrected chi connectivity index (χ1v) is 6.14. The van der Waals surface area contributed by atoms with Crippen LogP contribution in [0.15, 0.2) is 64.9 Å². The van der Waals surface area contributed by atoms with Gasteiger partial charge in [-0.1, -0.05) is 24.3 Å². The fourth-order valence-corrected chi connectivity index (χ4v) is 1.53. The first kappa shape index (κ1) is 13.7. The molecule has 0 bridgehead atoms. The van der Waals surface area contributed by atoms with Gasteiger partial charge < -0.3 is 4.74 Å². The van der Waals surface area contributed by atoms with Gasteiger partial charge in [0.15, 0.2) is 0 Å². The third-order valence-corrected chi connectivity index (χ3v) is 2.56. The number of hydrogen-bond acceptors (Lipinski definition) is 4. The third kappa shape index (κ3) is 4.17.